The summed E-state index contributed by atoms with van der Waals surface area (Å²) in [6.07, 6.45) is 0. The van der Waals surface area contributed by atoms with Crippen LogP contribution >= 0.6 is 11.8 Å². The summed E-state index contributed by atoms with van der Waals surface area (Å²) >= 11 is 1.69. The summed E-state index contributed by atoms with van der Waals surface area (Å²) in [7, 11) is 0. The van der Waals surface area contributed by atoms with Crippen LogP contribution in [0.1, 0.15) is 29.8 Å². The standard InChI is InChI=1S/C21H25N3O2S/c1-15(2)27-19-6-4-3-5-18(19)21(26)23-13-16-7-9-17(10-8-16)24-12-11-22-20(25)14-24/h3-10,15H,11-14H2,1-2H3,(H,22,25)(H,23,26). The number of amides is 2. The second-order valence-corrected chi connectivity index (χ2v) is 8.40. The smallest absolute Gasteiger partial charge is 0.252 e. The fraction of sp³-hybridized carbons (Fsp3) is 0.333. The number of nitrogens with zero attached hydrogens (tertiary/aromatic N) is 1. The van der Waals surface area contributed by atoms with Gasteiger partial charge in [-0.2, -0.15) is 0 Å². The van der Waals surface area contributed by atoms with Crippen LogP contribution in [0, 0.1) is 0 Å². The Bertz CT molecular complexity index is 805. The first-order valence-corrected chi connectivity index (χ1v) is 10.1. The fourth-order valence-electron chi connectivity index (χ4n) is 2.97. The van der Waals surface area contributed by atoms with Crippen molar-refractivity contribution in [3.05, 3.63) is 59.7 Å². The Labute approximate surface area is 164 Å². The Balaban J connectivity index is 1.60. The van der Waals surface area contributed by atoms with Gasteiger partial charge in [-0.1, -0.05) is 38.1 Å². The average molecular weight is 384 g/mol. The molecule has 1 fully saturated rings. The maximum absolute atomic E-state index is 12.6. The van der Waals surface area contributed by atoms with E-state index in [1.807, 2.05) is 48.5 Å². The summed E-state index contributed by atoms with van der Waals surface area (Å²) in [5.74, 6) is -0.00829. The third-order valence-electron chi connectivity index (χ3n) is 4.29. The molecule has 0 saturated carbocycles. The SMILES string of the molecule is CC(C)Sc1ccccc1C(=O)NCc1ccc(N2CCNC(=O)C2)cc1. The van der Waals surface area contributed by atoms with Crippen LogP contribution in [-0.4, -0.2) is 36.7 Å². The lowest BCUT2D eigenvalue weighted by Gasteiger charge is -2.28. The third kappa shape index (κ3) is 5.26. The molecule has 142 valence electrons. The van der Waals surface area contributed by atoms with Crippen LogP contribution in [0.2, 0.25) is 0 Å². The highest BCUT2D eigenvalue weighted by Gasteiger charge is 2.16. The first-order chi connectivity index (χ1) is 13.0. The van der Waals surface area contributed by atoms with Gasteiger partial charge < -0.3 is 15.5 Å². The molecule has 2 aromatic rings. The Kier molecular flexibility index (Phi) is 6.40. The van der Waals surface area contributed by atoms with Crippen LogP contribution in [0.4, 0.5) is 5.69 Å². The molecule has 0 spiro atoms. The molecule has 3 rings (SSSR count). The predicted molar refractivity (Wildman–Crippen MR) is 110 cm³/mol. The molecule has 1 aliphatic heterocycles. The topological polar surface area (TPSA) is 61.4 Å². The van der Waals surface area contributed by atoms with Gasteiger partial charge in [-0.15, -0.1) is 11.8 Å². The maximum Gasteiger partial charge on any atom is 0.252 e. The van der Waals surface area contributed by atoms with Crippen molar-refractivity contribution in [3.63, 3.8) is 0 Å². The minimum Gasteiger partial charge on any atom is -0.360 e. The second kappa shape index (κ2) is 8.95. The quantitative estimate of drug-likeness (QED) is 0.753. The number of thioether (sulfide) groups is 1. The summed E-state index contributed by atoms with van der Waals surface area (Å²) in [4.78, 5) is 27.2. The molecule has 2 aromatic carbocycles. The van der Waals surface area contributed by atoms with Crippen molar-refractivity contribution in [2.75, 3.05) is 24.5 Å². The van der Waals surface area contributed by atoms with Crippen molar-refractivity contribution in [3.8, 4) is 0 Å². The predicted octanol–water partition coefficient (Wildman–Crippen LogP) is 3.05. The number of carbonyl (C=O) groups is 2. The van der Waals surface area contributed by atoms with Crippen molar-refractivity contribution in [1.29, 1.82) is 0 Å². The van der Waals surface area contributed by atoms with E-state index in [0.717, 1.165) is 22.7 Å². The number of benzene rings is 2. The van der Waals surface area contributed by atoms with E-state index in [4.69, 9.17) is 0 Å². The van der Waals surface area contributed by atoms with E-state index in [9.17, 15) is 9.59 Å². The largest absolute Gasteiger partial charge is 0.360 e. The van der Waals surface area contributed by atoms with E-state index < -0.39 is 0 Å². The third-order valence-corrected chi connectivity index (χ3v) is 5.37. The molecule has 2 N–H and O–H groups in total. The summed E-state index contributed by atoms with van der Waals surface area (Å²) in [6, 6.07) is 15.7. The number of nitrogens with one attached hydrogen (secondary N) is 2. The molecule has 1 saturated heterocycles. The van der Waals surface area contributed by atoms with Crippen molar-refractivity contribution in [2.45, 2.75) is 30.5 Å². The van der Waals surface area contributed by atoms with E-state index >= 15 is 0 Å². The van der Waals surface area contributed by atoms with Crippen molar-refractivity contribution >= 4 is 29.3 Å². The summed E-state index contributed by atoms with van der Waals surface area (Å²) < 4.78 is 0. The Morgan fingerprint density at radius 2 is 1.93 bits per heavy atom. The van der Waals surface area contributed by atoms with Crippen LogP contribution in [0.15, 0.2) is 53.4 Å². The zero-order valence-electron chi connectivity index (χ0n) is 15.7. The Morgan fingerprint density at radius 1 is 1.19 bits per heavy atom. The van der Waals surface area contributed by atoms with Crippen LogP contribution in [0.3, 0.4) is 0 Å². The van der Waals surface area contributed by atoms with Gasteiger partial charge in [-0.25, -0.2) is 0 Å². The van der Waals surface area contributed by atoms with Gasteiger partial charge in [0.25, 0.3) is 5.91 Å². The highest BCUT2D eigenvalue weighted by molar-refractivity contribution is 8.00. The molecule has 1 heterocycles. The summed E-state index contributed by atoms with van der Waals surface area (Å²) in [5, 5.41) is 6.25. The summed E-state index contributed by atoms with van der Waals surface area (Å²) in [5.41, 5.74) is 2.77. The lowest BCUT2D eigenvalue weighted by molar-refractivity contribution is -0.120. The Morgan fingerprint density at radius 3 is 2.63 bits per heavy atom. The maximum atomic E-state index is 12.6. The van der Waals surface area contributed by atoms with Gasteiger partial charge in [0.2, 0.25) is 5.91 Å². The average Bonchev–Trinajstić information content (AvgIpc) is 2.66. The zero-order chi connectivity index (χ0) is 19.2. The molecule has 0 radical (unpaired) electrons. The molecule has 0 aliphatic carbocycles. The number of hydrogen-bond donors (Lipinski definition) is 2. The molecule has 0 aromatic heterocycles. The lowest BCUT2D eigenvalue weighted by Crippen LogP contribution is -2.47. The molecule has 0 unspecified atom stereocenters. The first-order valence-electron chi connectivity index (χ1n) is 9.17. The van der Waals surface area contributed by atoms with E-state index in [1.165, 1.54) is 0 Å². The van der Waals surface area contributed by atoms with Crippen molar-refractivity contribution in [2.24, 2.45) is 0 Å². The number of piperazine rings is 1. The van der Waals surface area contributed by atoms with Gasteiger partial charge in [0, 0.05) is 35.5 Å². The highest BCUT2D eigenvalue weighted by atomic mass is 32.2. The summed E-state index contributed by atoms with van der Waals surface area (Å²) in [6.45, 7) is 6.58. The van der Waals surface area contributed by atoms with Crippen molar-refractivity contribution < 1.29 is 9.59 Å². The monoisotopic (exact) mass is 383 g/mol. The number of hydrogen-bond acceptors (Lipinski definition) is 4. The minimum atomic E-state index is -0.0597. The van der Waals surface area contributed by atoms with Crippen molar-refractivity contribution in [1.82, 2.24) is 10.6 Å². The molecule has 0 bridgehead atoms. The van der Waals surface area contributed by atoms with Crippen LogP contribution in [0.25, 0.3) is 0 Å². The molecule has 2 amide bonds. The molecule has 27 heavy (non-hydrogen) atoms. The second-order valence-electron chi connectivity index (χ2n) is 6.78. The zero-order valence-corrected chi connectivity index (χ0v) is 16.5. The minimum absolute atomic E-state index is 0.0514. The van der Waals surface area contributed by atoms with E-state index in [0.29, 0.717) is 30.4 Å². The molecule has 0 atom stereocenters. The van der Waals surface area contributed by atoms with Gasteiger partial charge >= 0.3 is 0 Å². The highest BCUT2D eigenvalue weighted by Crippen LogP contribution is 2.26. The molecule has 5 nitrogen and oxygen atoms in total. The van der Waals surface area contributed by atoms with Crippen LogP contribution in [-0.2, 0) is 11.3 Å². The first kappa shape index (κ1) is 19.3. The van der Waals surface area contributed by atoms with Crippen LogP contribution < -0.4 is 15.5 Å². The number of carbonyl (C=O) groups excluding carboxylic acids is 2. The van der Waals surface area contributed by atoms with E-state index in [2.05, 4.69) is 29.4 Å². The molecule has 6 heteroatoms. The molecule has 1 aliphatic rings. The number of anilines is 1. The Hall–Kier alpha value is -2.47. The van der Waals surface area contributed by atoms with Crippen LogP contribution in [0.5, 0.6) is 0 Å². The van der Waals surface area contributed by atoms with Gasteiger partial charge in [-0.05, 0) is 29.8 Å². The van der Waals surface area contributed by atoms with E-state index in [-0.39, 0.29) is 11.8 Å². The molecular formula is C21H25N3O2S. The van der Waals surface area contributed by atoms with E-state index in [1.54, 1.807) is 11.8 Å². The molecular weight excluding hydrogens is 358 g/mol. The number of rotatable bonds is 6. The lowest BCUT2D eigenvalue weighted by atomic mass is 10.1. The normalized spacial score (nSPS) is 14.2. The van der Waals surface area contributed by atoms with Gasteiger partial charge in [0.05, 0.1) is 12.1 Å². The van der Waals surface area contributed by atoms with Gasteiger partial charge in [0.1, 0.15) is 0 Å². The van der Waals surface area contributed by atoms with Gasteiger partial charge in [0.15, 0.2) is 0 Å². The van der Waals surface area contributed by atoms with Gasteiger partial charge in [-0.3, -0.25) is 9.59 Å². The fourth-order valence-corrected chi connectivity index (χ4v) is 3.92.